The van der Waals surface area contributed by atoms with E-state index in [0.717, 1.165) is 4.47 Å². The number of fused-ring (bicyclic) bond motifs is 1. The molecule has 0 fully saturated rings. The van der Waals surface area contributed by atoms with Crippen molar-refractivity contribution in [2.75, 3.05) is 5.32 Å². The first-order valence-corrected chi connectivity index (χ1v) is 6.76. The molecule has 0 unspecified atom stereocenters. The third-order valence-electron chi connectivity index (χ3n) is 2.99. The van der Waals surface area contributed by atoms with Gasteiger partial charge in [-0.3, -0.25) is 4.79 Å². The van der Waals surface area contributed by atoms with E-state index in [2.05, 4.69) is 26.2 Å². The predicted octanol–water partition coefficient (Wildman–Crippen LogP) is 4.32. The van der Waals surface area contributed by atoms with Gasteiger partial charge in [-0.15, -0.1) is 0 Å². The van der Waals surface area contributed by atoms with Crippen molar-refractivity contribution in [2.45, 2.75) is 0 Å². The average Bonchev–Trinajstić information content (AvgIpc) is 2.84. The van der Waals surface area contributed by atoms with Crippen LogP contribution in [0.4, 0.5) is 10.1 Å². The summed E-state index contributed by atoms with van der Waals surface area (Å²) in [4.78, 5) is 15.1. The molecule has 5 heteroatoms. The molecular formula is C15H10BrFN2O. The lowest BCUT2D eigenvalue weighted by Gasteiger charge is -2.04. The zero-order valence-corrected chi connectivity index (χ0v) is 11.9. The van der Waals surface area contributed by atoms with Gasteiger partial charge in [0.25, 0.3) is 5.91 Å². The van der Waals surface area contributed by atoms with Crippen LogP contribution in [0.2, 0.25) is 0 Å². The van der Waals surface area contributed by atoms with E-state index in [1.165, 1.54) is 12.1 Å². The lowest BCUT2D eigenvalue weighted by Crippen LogP contribution is -2.11. The number of nitrogens with one attached hydrogen (secondary N) is 2. The molecule has 0 bridgehead atoms. The molecular weight excluding hydrogens is 323 g/mol. The van der Waals surface area contributed by atoms with Gasteiger partial charge in [0, 0.05) is 27.3 Å². The molecule has 100 valence electrons. The summed E-state index contributed by atoms with van der Waals surface area (Å²) in [7, 11) is 0. The van der Waals surface area contributed by atoms with Crippen molar-refractivity contribution in [1.29, 1.82) is 0 Å². The van der Waals surface area contributed by atoms with Gasteiger partial charge in [-0.1, -0.05) is 15.9 Å². The summed E-state index contributed by atoms with van der Waals surface area (Å²) in [5, 5.41) is 3.50. The fourth-order valence-electron chi connectivity index (χ4n) is 2.02. The molecule has 0 aliphatic carbocycles. The molecule has 2 aromatic carbocycles. The van der Waals surface area contributed by atoms with Crippen molar-refractivity contribution in [2.24, 2.45) is 0 Å². The number of rotatable bonds is 2. The number of hydrogen-bond acceptors (Lipinski definition) is 1. The number of anilines is 1. The molecule has 0 radical (unpaired) electrons. The summed E-state index contributed by atoms with van der Waals surface area (Å²) in [6.45, 7) is 0. The number of aromatic amines is 1. The topological polar surface area (TPSA) is 44.9 Å². The van der Waals surface area contributed by atoms with Crippen LogP contribution in [0, 0.1) is 5.82 Å². The van der Waals surface area contributed by atoms with Crippen LogP contribution in [0.3, 0.4) is 0 Å². The van der Waals surface area contributed by atoms with Crippen LogP contribution in [0.25, 0.3) is 10.9 Å². The predicted molar refractivity (Wildman–Crippen MR) is 80.4 cm³/mol. The second-order valence-corrected chi connectivity index (χ2v) is 5.27. The Kier molecular flexibility index (Phi) is 3.28. The SMILES string of the molecule is O=C(Nc1ccc(Br)cc1)c1c[nH]c2cc(F)ccc12. The van der Waals surface area contributed by atoms with Crippen molar-refractivity contribution < 1.29 is 9.18 Å². The molecule has 20 heavy (non-hydrogen) atoms. The van der Waals surface area contributed by atoms with Gasteiger partial charge in [0.15, 0.2) is 0 Å². The highest BCUT2D eigenvalue weighted by Gasteiger charge is 2.12. The summed E-state index contributed by atoms with van der Waals surface area (Å²) >= 11 is 3.34. The fourth-order valence-corrected chi connectivity index (χ4v) is 2.28. The molecule has 2 N–H and O–H groups in total. The number of carbonyl (C=O) groups is 1. The molecule has 0 saturated heterocycles. The lowest BCUT2D eigenvalue weighted by atomic mass is 10.1. The quantitative estimate of drug-likeness (QED) is 0.721. The Morgan fingerprint density at radius 1 is 1.15 bits per heavy atom. The van der Waals surface area contributed by atoms with Gasteiger partial charge in [-0.2, -0.15) is 0 Å². The van der Waals surface area contributed by atoms with Crippen molar-refractivity contribution in [3.05, 3.63) is 64.5 Å². The minimum absolute atomic E-state index is 0.231. The summed E-state index contributed by atoms with van der Waals surface area (Å²) in [6.07, 6.45) is 1.58. The molecule has 0 atom stereocenters. The van der Waals surface area contributed by atoms with Crippen LogP contribution in [0.1, 0.15) is 10.4 Å². The maximum atomic E-state index is 13.1. The zero-order valence-electron chi connectivity index (χ0n) is 10.3. The van der Waals surface area contributed by atoms with Crippen LogP contribution in [0.5, 0.6) is 0 Å². The first-order valence-electron chi connectivity index (χ1n) is 5.97. The van der Waals surface area contributed by atoms with Crippen molar-refractivity contribution in [3.63, 3.8) is 0 Å². The van der Waals surface area contributed by atoms with E-state index >= 15 is 0 Å². The molecule has 0 saturated carbocycles. The highest BCUT2D eigenvalue weighted by atomic mass is 79.9. The molecule has 3 aromatic rings. The first kappa shape index (κ1) is 12.9. The van der Waals surface area contributed by atoms with Gasteiger partial charge >= 0.3 is 0 Å². The van der Waals surface area contributed by atoms with Crippen LogP contribution >= 0.6 is 15.9 Å². The van der Waals surface area contributed by atoms with Crippen LogP contribution in [-0.2, 0) is 0 Å². The monoisotopic (exact) mass is 332 g/mol. The highest BCUT2D eigenvalue weighted by molar-refractivity contribution is 9.10. The number of halogens is 2. The fraction of sp³-hybridized carbons (Fsp3) is 0. The van der Waals surface area contributed by atoms with Gasteiger partial charge in [-0.05, 0) is 42.5 Å². The van der Waals surface area contributed by atoms with Gasteiger partial charge in [-0.25, -0.2) is 4.39 Å². The van der Waals surface area contributed by atoms with Crippen molar-refractivity contribution >= 4 is 38.4 Å². The number of hydrogen-bond donors (Lipinski definition) is 2. The normalized spacial score (nSPS) is 10.7. The van der Waals surface area contributed by atoms with E-state index in [1.807, 2.05) is 12.1 Å². The Balaban J connectivity index is 1.91. The Morgan fingerprint density at radius 3 is 2.65 bits per heavy atom. The van der Waals surface area contributed by atoms with E-state index in [9.17, 15) is 9.18 Å². The maximum absolute atomic E-state index is 13.1. The van der Waals surface area contributed by atoms with Gasteiger partial charge in [0.1, 0.15) is 5.82 Å². The molecule has 3 rings (SSSR count). The van der Waals surface area contributed by atoms with Crippen molar-refractivity contribution in [3.8, 4) is 0 Å². The average molecular weight is 333 g/mol. The van der Waals surface area contributed by atoms with E-state index in [1.54, 1.807) is 24.4 Å². The zero-order chi connectivity index (χ0) is 14.1. The lowest BCUT2D eigenvalue weighted by molar-refractivity contribution is 0.102. The molecule has 3 nitrogen and oxygen atoms in total. The summed E-state index contributed by atoms with van der Waals surface area (Å²) < 4.78 is 14.0. The van der Waals surface area contributed by atoms with Gasteiger partial charge in [0.05, 0.1) is 5.56 Å². The number of carbonyl (C=O) groups excluding carboxylic acids is 1. The van der Waals surface area contributed by atoms with Crippen LogP contribution < -0.4 is 5.32 Å². The van der Waals surface area contributed by atoms with E-state index in [4.69, 9.17) is 0 Å². The van der Waals surface area contributed by atoms with Gasteiger partial charge < -0.3 is 10.3 Å². The third-order valence-corrected chi connectivity index (χ3v) is 3.52. The largest absolute Gasteiger partial charge is 0.360 e. The summed E-state index contributed by atoms with van der Waals surface area (Å²) in [5.41, 5.74) is 1.79. The maximum Gasteiger partial charge on any atom is 0.257 e. The number of H-pyrrole nitrogens is 1. The Morgan fingerprint density at radius 2 is 1.90 bits per heavy atom. The molecule has 0 spiro atoms. The van der Waals surface area contributed by atoms with Crippen LogP contribution in [-0.4, -0.2) is 10.9 Å². The number of aromatic nitrogens is 1. The highest BCUT2D eigenvalue weighted by Crippen LogP contribution is 2.21. The number of amides is 1. The molecule has 1 amide bonds. The van der Waals surface area contributed by atoms with Crippen molar-refractivity contribution in [1.82, 2.24) is 4.98 Å². The number of benzene rings is 2. The van der Waals surface area contributed by atoms with Crippen LogP contribution in [0.15, 0.2) is 53.1 Å². The Labute approximate surface area is 122 Å². The van der Waals surface area contributed by atoms with E-state index in [-0.39, 0.29) is 11.7 Å². The van der Waals surface area contributed by atoms with Gasteiger partial charge in [0.2, 0.25) is 0 Å². The minimum Gasteiger partial charge on any atom is -0.360 e. The standard InChI is InChI=1S/C15H10BrFN2O/c16-9-1-4-11(5-2-9)19-15(20)13-8-18-14-7-10(17)3-6-12(13)14/h1-8,18H,(H,19,20). The van der Waals surface area contributed by atoms with E-state index < -0.39 is 0 Å². The molecule has 1 aromatic heterocycles. The summed E-state index contributed by atoms with van der Waals surface area (Å²) in [5.74, 6) is -0.565. The third kappa shape index (κ3) is 2.44. The Bertz CT molecular complexity index is 780. The molecule has 0 aliphatic rings. The minimum atomic E-state index is -0.334. The Hall–Kier alpha value is -2.14. The second-order valence-electron chi connectivity index (χ2n) is 4.35. The second kappa shape index (κ2) is 5.09. The van der Waals surface area contributed by atoms with E-state index in [0.29, 0.717) is 22.2 Å². The first-order chi connectivity index (χ1) is 9.63. The molecule has 0 aliphatic heterocycles. The summed E-state index contributed by atoms with van der Waals surface area (Å²) in [6, 6.07) is 11.6. The molecule has 1 heterocycles. The smallest absolute Gasteiger partial charge is 0.257 e.